The minimum Gasteiger partial charge on any atom is -0.481 e. The third-order valence-corrected chi connectivity index (χ3v) is 1.69. The van der Waals surface area contributed by atoms with Gasteiger partial charge in [-0.15, -0.1) is 0 Å². The van der Waals surface area contributed by atoms with Crippen molar-refractivity contribution in [1.29, 1.82) is 0 Å². The second kappa shape index (κ2) is 7.40. The van der Waals surface area contributed by atoms with Crippen LogP contribution in [0.3, 0.4) is 0 Å². The highest BCUT2D eigenvalue weighted by atomic mass is 16.6. The Morgan fingerprint density at radius 2 is 1.95 bits per heavy atom. The summed E-state index contributed by atoms with van der Waals surface area (Å²) in [6.07, 6.45) is -0.144. The van der Waals surface area contributed by atoms with Crippen LogP contribution in [-0.2, 0) is 19.1 Å². The molecule has 0 aromatic rings. The molecule has 0 heterocycles. The first-order valence-corrected chi connectivity index (χ1v) is 5.64. The number of hydrogen-bond acceptors (Lipinski definition) is 5. The van der Waals surface area contributed by atoms with E-state index in [1.165, 1.54) is 6.08 Å². The monoisotopic (exact) mass is 273 g/mol. The Balaban J connectivity index is 4.62. The van der Waals surface area contributed by atoms with Crippen molar-refractivity contribution in [2.75, 3.05) is 6.61 Å². The predicted molar refractivity (Wildman–Crippen MR) is 66.6 cm³/mol. The highest BCUT2D eigenvalue weighted by Crippen LogP contribution is 2.10. The molecular weight excluding hydrogens is 254 g/mol. The number of carbonyl (C=O) groups excluding carboxylic acids is 2. The average molecular weight is 273 g/mol. The Morgan fingerprint density at radius 3 is 2.37 bits per heavy atom. The van der Waals surface area contributed by atoms with Gasteiger partial charge in [0.2, 0.25) is 0 Å². The fraction of sp³-hybridized carbons (Fsp3) is 0.583. The second-order valence-electron chi connectivity index (χ2n) is 4.72. The number of ether oxygens (including phenoxy) is 2. The van der Waals surface area contributed by atoms with Gasteiger partial charge in [-0.3, -0.25) is 4.79 Å². The molecule has 19 heavy (non-hydrogen) atoms. The van der Waals surface area contributed by atoms with Crippen LogP contribution >= 0.6 is 0 Å². The number of rotatable bonds is 6. The quantitative estimate of drug-likeness (QED) is 0.554. The maximum Gasteiger partial charge on any atom is 0.408 e. The minimum atomic E-state index is -1.30. The molecule has 0 aromatic heterocycles. The number of nitrogens with one attached hydrogen (secondary N) is 1. The largest absolute Gasteiger partial charge is 0.481 e. The lowest BCUT2D eigenvalue weighted by molar-refractivity contribution is -0.159. The van der Waals surface area contributed by atoms with Crippen LogP contribution < -0.4 is 5.32 Å². The van der Waals surface area contributed by atoms with E-state index < -0.39 is 36.1 Å². The Morgan fingerprint density at radius 1 is 1.37 bits per heavy atom. The molecule has 1 atom stereocenters. The molecule has 0 aliphatic rings. The van der Waals surface area contributed by atoms with E-state index in [9.17, 15) is 14.4 Å². The Bertz CT molecular complexity index is 358. The molecule has 7 heteroatoms. The molecule has 0 rings (SSSR count). The van der Waals surface area contributed by atoms with Gasteiger partial charge in [0.05, 0.1) is 6.42 Å². The minimum absolute atomic E-state index is 0.0417. The first kappa shape index (κ1) is 16.9. The Labute approximate surface area is 111 Å². The van der Waals surface area contributed by atoms with E-state index in [-0.39, 0.29) is 6.61 Å². The first-order valence-electron chi connectivity index (χ1n) is 5.64. The van der Waals surface area contributed by atoms with Crippen LogP contribution in [0.4, 0.5) is 4.79 Å². The number of esters is 1. The maximum atomic E-state index is 11.7. The Hall–Kier alpha value is -2.05. The Kier molecular flexibility index (Phi) is 6.60. The number of carboxylic acid groups (broad SMARTS) is 1. The predicted octanol–water partition coefficient (Wildman–Crippen LogP) is 1.08. The third-order valence-electron chi connectivity index (χ3n) is 1.69. The molecule has 2 N–H and O–H groups in total. The molecule has 108 valence electrons. The summed E-state index contributed by atoms with van der Waals surface area (Å²) in [6, 6.07) is -1.30. The normalized spacial score (nSPS) is 12.2. The topological polar surface area (TPSA) is 102 Å². The smallest absolute Gasteiger partial charge is 0.408 e. The molecule has 0 fully saturated rings. The average Bonchev–Trinajstić information content (AvgIpc) is 2.22. The number of alkyl carbamates (subject to hydrolysis) is 1. The summed E-state index contributed by atoms with van der Waals surface area (Å²) < 4.78 is 9.63. The van der Waals surface area contributed by atoms with Crippen molar-refractivity contribution < 1.29 is 29.0 Å². The molecule has 7 nitrogen and oxygen atoms in total. The van der Waals surface area contributed by atoms with Crippen molar-refractivity contribution in [3.05, 3.63) is 12.7 Å². The van der Waals surface area contributed by atoms with Crippen LogP contribution in [0.2, 0.25) is 0 Å². The number of carbonyl (C=O) groups is 3. The maximum absolute atomic E-state index is 11.7. The highest BCUT2D eigenvalue weighted by molar-refractivity contribution is 5.85. The SMILES string of the molecule is C=CCOC(=O)N[C@@H](CC(=O)O)C(=O)OC(C)(C)C. The molecule has 0 bridgehead atoms. The van der Waals surface area contributed by atoms with Crippen molar-refractivity contribution in [3.63, 3.8) is 0 Å². The fourth-order valence-corrected chi connectivity index (χ4v) is 1.06. The van der Waals surface area contributed by atoms with Gasteiger partial charge in [0, 0.05) is 0 Å². The van der Waals surface area contributed by atoms with Crippen LogP contribution in [0.25, 0.3) is 0 Å². The molecule has 0 aromatic carbocycles. The third kappa shape index (κ3) is 8.64. The molecule has 1 amide bonds. The molecule has 0 aliphatic heterocycles. The number of amides is 1. The van der Waals surface area contributed by atoms with Crippen LogP contribution in [0.1, 0.15) is 27.2 Å². The second-order valence-corrected chi connectivity index (χ2v) is 4.72. The van der Waals surface area contributed by atoms with E-state index >= 15 is 0 Å². The van der Waals surface area contributed by atoms with Gasteiger partial charge < -0.3 is 19.9 Å². The van der Waals surface area contributed by atoms with Crippen molar-refractivity contribution in [3.8, 4) is 0 Å². The van der Waals surface area contributed by atoms with E-state index in [1.807, 2.05) is 0 Å². The van der Waals surface area contributed by atoms with Gasteiger partial charge in [-0.25, -0.2) is 9.59 Å². The standard InChI is InChI=1S/C12H19NO6/c1-5-6-18-11(17)13-8(7-9(14)15)10(16)19-12(2,3)4/h5,8H,1,6-7H2,2-4H3,(H,13,17)(H,14,15)/t8-/m0/s1. The van der Waals surface area contributed by atoms with Gasteiger partial charge >= 0.3 is 18.0 Å². The van der Waals surface area contributed by atoms with Crippen LogP contribution in [-0.4, -0.2) is 41.4 Å². The van der Waals surface area contributed by atoms with Gasteiger partial charge in [-0.2, -0.15) is 0 Å². The molecule has 0 saturated heterocycles. The molecule has 0 aliphatic carbocycles. The van der Waals surface area contributed by atoms with Gasteiger partial charge in [0.1, 0.15) is 18.2 Å². The highest BCUT2D eigenvalue weighted by Gasteiger charge is 2.29. The van der Waals surface area contributed by atoms with Gasteiger partial charge in [-0.1, -0.05) is 12.7 Å². The first-order chi connectivity index (χ1) is 8.65. The zero-order valence-electron chi connectivity index (χ0n) is 11.3. The van der Waals surface area contributed by atoms with Crippen molar-refractivity contribution in [2.45, 2.75) is 38.8 Å². The summed E-state index contributed by atoms with van der Waals surface area (Å²) in [6.45, 7) is 8.22. The zero-order valence-corrected chi connectivity index (χ0v) is 11.3. The molecule has 0 unspecified atom stereocenters. The lowest BCUT2D eigenvalue weighted by atomic mass is 10.1. The van der Waals surface area contributed by atoms with Crippen molar-refractivity contribution >= 4 is 18.0 Å². The summed E-state index contributed by atoms with van der Waals surface area (Å²) >= 11 is 0. The lowest BCUT2D eigenvalue weighted by Crippen LogP contribution is -2.45. The van der Waals surface area contributed by atoms with E-state index in [0.29, 0.717) is 0 Å². The molecule has 0 spiro atoms. The van der Waals surface area contributed by atoms with Crippen LogP contribution in [0, 0.1) is 0 Å². The molecule has 0 saturated carbocycles. The van der Waals surface area contributed by atoms with Crippen LogP contribution in [0.15, 0.2) is 12.7 Å². The van der Waals surface area contributed by atoms with E-state index in [4.69, 9.17) is 9.84 Å². The zero-order chi connectivity index (χ0) is 15.1. The molecule has 0 radical (unpaired) electrons. The summed E-state index contributed by atoms with van der Waals surface area (Å²) in [7, 11) is 0. The number of hydrogen-bond donors (Lipinski definition) is 2. The van der Waals surface area contributed by atoms with Crippen molar-refractivity contribution in [1.82, 2.24) is 5.32 Å². The van der Waals surface area contributed by atoms with Crippen molar-refractivity contribution in [2.24, 2.45) is 0 Å². The summed E-state index contributed by atoms with van der Waals surface area (Å²) in [5.74, 6) is -2.06. The van der Waals surface area contributed by atoms with E-state index in [0.717, 1.165) is 0 Å². The van der Waals surface area contributed by atoms with E-state index in [2.05, 4.69) is 16.6 Å². The molecular formula is C12H19NO6. The lowest BCUT2D eigenvalue weighted by Gasteiger charge is -2.23. The van der Waals surface area contributed by atoms with E-state index in [1.54, 1.807) is 20.8 Å². The number of carboxylic acids is 1. The number of aliphatic carboxylic acids is 1. The van der Waals surface area contributed by atoms with Gasteiger partial charge in [-0.05, 0) is 20.8 Å². The summed E-state index contributed by atoms with van der Waals surface area (Å²) in [5, 5.41) is 10.8. The van der Waals surface area contributed by atoms with Gasteiger partial charge in [0.15, 0.2) is 0 Å². The summed E-state index contributed by atoms with van der Waals surface area (Å²) in [5.41, 5.74) is -0.777. The van der Waals surface area contributed by atoms with Crippen LogP contribution in [0.5, 0.6) is 0 Å². The fourth-order valence-electron chi connectivity index (χ4n) is 1.06. The van der Waals surface area contributed by atoms with Gasteiger partial charge in [0.25, 0.3) is 0 Å². The summed E-state index contributed by atoms with van der Waals surface area (Å²) in [4.78, 5) is 33.7.